The summed E-state index contributed by atoms with van der Waals surface area (Å²) >= 11 is 0. The first-order valence-electron chi connectivity index (χ1n) is 8.26. The lowest BCUT2D eigenvalue weighted by molar-refractivity contribution is -0.120. The monoisotopic (exact) mass is 381 g/mol. The highest BCUT2D eigenvalue weighted by Crippen LogP contribution is 2.28. The van der Waals surface area contributed by atoms with Gasteiger partial charge >= 0.3 is 0 Å². The molecule has 1 aliphatic heterocycles. The van der Waals surface area contributed by atoms with E-state index in [0.29, 0.717) is 13.1 Å². The Morgan fingerprint density at radius 1 is 1.19 bits per heavy atom. The van der Waals surface area contributed by atoms with Crippen molar-refractivity contribution in [3.63, 3.8) is 0 Å². The fraction of sp³-hybridized carbons (Fsp3) is 0.316. The van der Waals surface area contributed by atoms with E-state index in [9.17, 15) is 13.6 Å². The Labute approximate surface area is 157 Å². The Hall–Kier alpha value is -2.02. The number of halogens is 3. The summed E-state index contributed by atoms with van der Waals surface area (Å²) in [4.78, 5) is 14.4. The van der Waals surface area contributed by atoms with Gasteiger partial charge in [0.1, 0.15) is 11.6 Å². The highest BCUT2D eigenvalue weighted by atomic mass is 35.5. The molecular formula is C19H22ClF2N3O. The number of nitrogens with one attached hydrogen (secondary N) is 1. The normalized spacial score (nSPS) is 21.1. The van der Waals surface area contributed by atoms with Gasteiger partial charge in [0.15, 0.2) is 0 Å². The molecule has 1 unspecified atom stereocenters. The largest absolute Gasteiger partial charge is 0.326 e. The third kappa shape index (κ3) is 4.38. The number of anilines is 1. The molecule has 3 rings (SSSR count). The van der Waals surface area contributed by atoms with E-state index < -0.39 is 17.7 Å². The third-order valence-corrected chi connectivity index (χ3v) is 4.73. The summed E-state index contributed by atoms with van der Waals surface area (Å²) in [6, 6.07) is 12.3. The van der Waals surface area contributed by atoms with Crippen molar-refractivity contribution in [3.05, 3.63) is 65.7 Å². The zero-order valence-electron chi connectivity index (χ0n) is 14.4. The van der Waals surface area contributed by atoms with Crippen molar-refractivity contribution in [1.82, 2.24) is 4.90 Å². The first-order chi connectivity index (χ1) is 12.0. The number of nitrogens with zero attached hydrogens (tertiary/aromatic N) is 1. The van der Waals surface area contributed by atoms with Gasteiger partial charge < -0.3 is 11.1 Å². The Balaban J connectivity index is 0.00000243. The van der Waals surface area contributed by atoms with Gasteiger partial charge in [-0.15, -0.1) is 12.4 Å². The lowest BCUT2D eigenvalue weighted by Crippen LogP contribution is -2.42. The van der Waals surface area contributed by atoms with Crippen LogP contribution in [0.25, 0.3) is 0 Å². The van der Waals surface area contributed by atoms with Crippen LogP contribution in [0.2, 0.25) is 0 Å². The molecule has 7 heteroatoms. The molecule has 1 amide bonds. The maximum absolute atomic E-state index is 13.7. The topological polar surface area (TPSA) is 58.4 Å². The summed E-state index contributed by atoms with van der Waals surface area (Å²) in [7, 11) is 0. The van der Waals surface area contributed by atoms with Gasteiger partial charge in [0, 0.05) is 31.1 Å². The molecule has 2 aromatic carbocycles. The average Bonchev–Trinajstić information content (AvgIpc) is 3.00. The molecule has 140 valence electrons. The molecule has 26 heavy (non-hydrogen) atoms. The van der Waals surface area contributed by atoms with Crippen molar-refractivity contribution < 1.29 is 13.6 Å². The van der Waals surface area contributed by atoms with Crippen LogP contribution in [0.4, 0.5) is 14.5 Å². The maximum Gasteiger partial charge on any atom is 0.241 e. The molecule has 0 bridgehead atoms. The molecule has 0 aromatic heterocycles. The van der Waals surface area contributed by atoms with E-state index in [2.05, 4.69) is 5.32 Å². The second-order valence-electron chi connectivity index (χ2n) is 6.42. The highest BCUT2D eigenvalue weighted by molar-refractivity contribution is 5.94. The molecular weight excluding hydrogens is 360 g/mol. The Kier molecular flexibility index (Phi) is 6.69. The molecule has 0 radical (unpaired) electrons. The lowest BCUT2D eigenvalue weighted by atomic mass is 9.95. The van der Waals surface area contributed by atoms with Crippen molar-refractivity contribution in [2.45, 2.75) is 24.9 Å². The molecule has 3 atom stereocenters. The van der Waals surface area contributed by atoms with Crippen molar-refractivity contribution in [3.8, 4) is 0 Å². The van der Waals surface area contributed by atoms with Gasteiger partial charge in [-0.05, 0) is 24.6 Å². The van der Waals surface area contributed by atoms with Crippen LogP contribution in [0.1, 0.15) is 18.4 Å². The van der Waals surface area contributed by atoms with Crippen LogP contribution >= 0.6 is 12.4 Å². The lowest BCUT2D eigenvalue weighted by Gasteiger charge is -2.23. The van der Waals surface area contributed by atoms with E-state index in [-0.39, 0.29) is 36.0 Å². The summed E-state index contributed by atoms with van der Waals surface area (Å²) in [5.41, 5.74) is 7.24. The maximum atomic E-state index is 13.7. The summed E-state index contributed by atoms with van der Waals surface area (Å²) in [5.74, 6) is -1.51. The summed E-state index contributed by atoms with van der Waals surface area (Å²) in [5, 5.41) is 2.46. The Bertz CT molecular complexity index is 760. The van der Waals surface area contributed by atoms with Crippen molar-refractivity contribution >= 4 is 24.0 Å². The molecule has 1 aliphatic rings. The molecule has 3 N–H and O–H groups in total. The molecule has 1 heterocycles. The summed E-state index contributed by atoms with van der Waals surface area (Å²) in [6.07, 6.45) is 0. The Morgan fingerprint density at radius 3 is 2.58 bits per heavy atom. The van der Waals surface area contributed by atoms with Gasteiger partial charge in [0.05, 0.1) is 11.7 Å². The molecule has 2 aromatic rings. The van der Waals surface area contributed by atoms with Gasteiger partial charge in [0.25, 0.3) is 0 Å². The van der Waals surface area contributed by atoms with E-state index in [4.69, 9.17) is 5.73 Å². The molecule has 0 saturated carbocycles. The number of likely N-dealkylation sites (tertiary alicyclic amines) is 1. The fourth-order valence-corrected chi connectivity index (χ4v) is 3.23. The predicted molar refractivity (Wildman–Crippen MR) is 100 cm³/mol. The minimum absolute atomic E-state index is 0. The van der Waals surface area contributed by atoms with E-state index >= 15 is 0 Å². The molecule has 0 spiro atoms. The first-order valence-corrected chi connectivity index (χ1v) is 8.26. The number of amides is 1. The van der Waals surface area contributed by atoms with E-state index in [1.807, 2.05) is 35.2 Å². The highest BCUT2D eigenvalue weighted by Gasteiger charge is 2.35. The predicted octanol–water partition coefficient (Wildman–Crippen LogP) is 3.14. The van der Waals surface area contributed by atoms with Crippen LogP contribution in [0, 0.1) is 11.6 Å². The smallest absolute Gasteiger partial charge is 0.241 e. The van der Waals surface area contributed by atoms with Crippen LogP contribution < -0.4 is 11.1 Å². The number of carbonyl (C=O) groups is 1. The number of hydrogen-bond donors (Lipinski definition) is 2. The SMILES string of the molecule is CC(C(=O)Nc1cc(F)ccc1F)N1C[C@@H](N)[C@H](c2ccccc2)C1.Cl. The molecule has 1 fully saturated rings. The van der Waals surface area contributed by atoms with Gasteiger partial charge in [0.2, 0.25) is 5.91 Å². The third-order valence-electron chi connectivity index (χ3n) is 4.73. The van der Waals surface area contributed by atoms with E-state index in [1.54, 1.807) is 6.92 Å². The van der Waals surface area contributed by atoms with Gasteiger partial charge in [-0.2, -0.15) is 0 Å². The number of carbonyl (C=O) groups excluding carboxylic acids is 1. The van der Waals surface area contributed by atoms with E-state index in [1.165, 1.54) is 0 Å². The number of nitrogens with two attached hydrogens (primary N) is 1. The van der Waals surface area contributed by atoms with Crippen LogP contribution in [0.5, 0.6) is 0 Å². The van der Waals surface area contributed by atoms with Gasteiger partial charge in [-0.3, -0.25) is 9.69 Å². The van der Waals surface area contributed by atoms with Crippen LogP contribution in [0.15, 0.2) is 48.5 Å². The number of hydrogen-bond acceptors (Lipinski definition) is 3. The number of benzene rings is 2. The van der Waals surface area contributed by atoms with Crippen molar-refractivity contribution in [2.24, 2.45) is 5.73 Å². The second-order valence-corrected chi connectivity index (χ2v) is 6.42. The average molecular weight is 382 g/mol. The van der Waals surface area contributed by atoms with Crippen molar-refractivity contribution in [2.75, 3.05) is 18.4 Å². The van der Waals surface area contributed by atoms with Crippen LogP contribution in [-0.2, 0) is 4.79 Å². The minimum Gasteiger partial charge on any atom is -0.326 e. The summed E-state index contributed by atoms with van der Waals surface area (Å²) in [6.45, 7) is 2.96. The van der Waals surface area contributed by atoms with Crippen molar-refractivity contribution in [1.29, 1.82) is 0 Å². The van der Waals surface area contributed by atoms with Crippen LogP contribution in [0.3, 0.4) is 0 Å². The fourth-order valence-electron chi connectivity index (χ4n) is 3.23. The minimum atomic E-state index is -0.665. The molecule has 0 aliphatic carbocycles. The summed E-state index contributed by atoms with van der Waals surface area (Å²) < 4.78 is 26.9. The standard InChI is InChI=1S/C19H21F2N3O.ClH/c1-12(19(25)23-18-9-14(20)7-8-16(18)21)24-10-15(17(22)11-24)13-5-3-2-4-6-13;/h2-9,12,15,17H,10-11,22H2,1H3,(H,23,25);1H/t12?,15-,17+;/m0./s1. The second kappa shape index (κ2) is 8.58. The zero-order chi connectivity index (χ0) is 18.0. The van der Waals surface area contributed by atoms with Crippen LogP contribution in [-0.4, -0.2) is 36.0 Å². The molecule has 1 saturated heterocycles. The number of rotatable bonds is 4. The zero-order valence-corrected chi connectivity index (χ0v) is 15.2. The molecule has 4 nitrogen and oxygen atoms in total. The first kappa shape index (κ1) is 20.3. The van der Waals surface area contributed by atoms with E-state index in [0.717, 1.165) is 23.8 Å². The van der Waals surface area contributed by atoms with Gasteiger partial charge in [-0.1, -0.05) is 30.3 Å². The Morgan fingerprint density at radius 2 is 1.88 bits per heavy atom. The van der Waals surface area contributed by atoms with Gasteiger partial charge in [-0.25, -0.2) is 8.78 Å². The quantitative estimate of drug-likeness (QED) is 0.855.